The Balaban J connectivity index is 2.28. The first-order valence-electron chi connectivity index (χ1n) is 3.66. The maximum Gasteiger partial charge on any atom is 0.435 e. The van der Waals surface area contributed by atoms with E-state index in [1.807, 2.05) is 30.3 Å². The van der Waals surface area contributed by atoms with Gasteiger partial charge in [0.25, 0.3) is 0 Å². The van der Waals surface area contributed by atoms with Crippen molar-refractivity contribution in [3.63, 3.8) is 0 Å². The van der Waals surface area contributed by atoms with Gasteiger partial charge in [-0.1, -0.05) is 30.3 Å². The highest BCUT2D eigenvalue weighted by Gasteiger charge is 1.90. The fourth-order valence-electron chi connectivity index (χ4n) is 0.899. The molecule has 11 heavy (non-hydrogen) atoms. The summed E-state index contributed by atoms with van der Waals surface area (Å²) in [5.41, 5.74) is 1.24. The average Bonchev–Trinajstić information content (AvgIpc) is 2.07. The summed E-state index contributed by atoms with van der Waals surface area (Å²) < 4.78 is 4.79. The Morgan fingerprint density at radius 3 is 2.64 bits per heavy atom. The van der Waals surface area contributed by atoms with E-state index in [0.717, 1.165) is 6.42 Å². The summed E-state index contributed by atoms with van der Waals surface area (Å²) in [5.74, 6) is 0. The predicted octanol–water partition coefficient (Wildman–Crippen LogP) is 0.504. The van der Waals surface area contributed by atoms with Gasteiger partial charge in [-0.25, -0.2) is 0 Å². The molecule has 1 N–H and O–H groups in total. The van der Waals surface area contributed by atoms with E-state index in [1.54, 1.807) is 0 Å². The zero-order valence-corrected chi connectivity index (χ0v) is 6.36. The predicted molar refractivity (Wildman–Crippen MR) is 45.5 cm³/mol. The highest BCUT2D eigenvalue weighted by molar-refractivity contribution is 6.15. The van der Waals surface area contributed by atoms with Crippen LogP contribution in [0.1, 0.15) is 5.56 Å². The smallest absolute Gasteiger partial charge is 0.430 e. The monoisotopic (exact) mass is 150 g/mol. The molecule has 0 aliphatic heterocycles. The van der Waals surface area contributed by atoms with Crippen molar-refractivity contribution < 1.29 is 9.68 Å². The summed E-state index contributed by atoms with van der Waals surface area (Å²) in [5, 5.41) is 8.32. The van der Waals surface area contributed by atoms with Gasteiger partial charge in [-0.2, -0.15) is 0 Å². The second kappa shape index (κ2) is 4.94. The van der Waals surface area contributed by atoms with Crippen LogP contribution in [0.5, 0.6) is 0 Å². The second-order valence-electron chi connectivity index (χ2n) is 2.27. The van der Waals surface area contributed by atoms with E-state index in [-0.39, 0.29) is 7.69 Å². The molecule has 3 heteroatoms. The van der Waals surface area contributed by atoms with Gasteiger partial charge in [-0.05, 0) is 12.0 Å². The van der Waals surface area contributed by atoms with E-state index >= 15 is 0 Å². The molecule has 0 unspecified atom stereocenters. The lowest BCUT2D eigenvalue weighted by Gasteiger charge is -1.99. The van der Waals surface area contributed by atoms with Crippen LogP contribution in [0.4, 0.5) is 0 Å². The third kappa shape index (κ3) is 3.21. The first-order chi connectivity index (χ1) is 5.43. The third-order valence-electron chi connectivity index (χ3n) is 1.47. The minimum atomic E-state index is -0.188. The number of benzene rings is 1. The zero-order valence-electron chi connectivity index (χ0n) is 6.36. The van der Waals surface area contributed by atoms with Crippen molar-refractivity contribution in [2.75, 3.05) is 6.61 Å². The molecule has 58 valence electrons. The molecule has 1 aromatic rings. The SMILES string of the molecule is OBOCCc1ccccc1. The molecule has 0 spiro atoms. The van der Waals surface area contributed by atoms with Crippen LogP contribution in [0.2, 0.25) is 0 Å². The Bertz CT molecular complexity index is 189. The molecule has 0 aliphatic rings. The number of hydrogen-bond donors (Lipinski definition) is 1. The van der Waals surface area contributed by atoms with Gasteiger partial charge in [-0.3, -0.25) is 0 Å². The number of hydrogen-bond acceptors (Lipinski definition) is 2. The first-order valence-corrected chi connectivity index (χ1v) is 3.66. The summed E-state index contributed by atoms with van der Waals surface area (Å²) in [6.45, 7) is 0.584. The van der Waals surface area contributed by atoms with Gasteiger partial charge in [-0.15, -0.1) is 0 Å². The molecule has 0 fully saturated rings. The van der Waals surface area contributed by atoms with Crippen LogP contribution in [0.15, 0.2) is 30.3 Å². The number of rotatable bonds is 4. The normalized spacial score (nSPS) is 9.55. The summed E-state index contributed by atoms with van der Waals surface area (Å²) in [6, 6.07) is 10.1. The highest BCUT2D eigenvalue weighted by atomic mass is 16.5. The van der Waals surface area contributed by atoms with Crippen molar-refractivity contribution in [3.8, 4) is 0 Å². The second-order valence-corrected chi connectivity index (χ2v) is 2.27. The molecule has 0 heterocycles. The summed E-state index contributed by atoms with van der Waals surface area (Å²) in [7, 11) is -0.188. The molecule has 0 saturated carbocycles. The van der Waals surface area contributed by atoms with Gasteiger partial charge in [0, 0.05) is 6.61 Å². The largest absolute Gasteiger partial charge is 0.435 e. The van der Waals surface area contributed by atoms with Crippen molar-refractivity contribution in [2.24, 2.45) is 0 Å². The van der Waals surface area contributed by atoms with Gasteiger partial charge in [0.2, 0.25) is 0 Å². The molecule has 0 atom stereocenters. The van der Waals surface area contributed by atoms with Crippen molar-refractivity contribution >= 4 is 7.69 Å². The molecular weight excluding hydrogens is 139 g/mol. The minimum Gasteiger partial charge on any atom is -0.430 e. The van der Waals surface area contributed by atoms with E-state index in [2.05, 4.69) is 0 Å². The molecule has 0 amide bonds. The summed E-state index contributed by atoms with van der Waals surface area (Å²) in [4.78, 5) is 0. The van der Waals surface area contributed by atoms with Gasteiger partial charge in [0.05, 0.1) is 0 Å². The van der Waals surface area contributed by atoms with Gasteiger partial charge in [0.15, 0.2) is 0 Å². The molecule has 1 rings (SSSR count). The lowest BCUT2D eigenvalue weighted by atomic mass is 10.2. The van der Waals surface area contributed by atoms with E-state index in [9.17, 15) is 0 Å². The van der Waals surface area contributed by atoms with E-state index in [4.69, 9.17) is 9.68 Å². The topological polar surface area (TPSA) is 29.5 Å². The van der Waals surface area contributed by atoms with Crippen LogP contribution in [0.25, 0.3) is 0 Å². The Labute approximate surface area is 67.1 Å². The quantitative estimate of drug-likeness (QED) is 0.500. The maximum atomic E-state index is 8.32. The lowest BCUT2D eigenvalue weighted by molar-refractivity contribution is 0.288. The van der Waals surface area contributed by atoms with Gasteiger partial charge in [0.1, 0.15) is 0 Å². The van der Waals surface area contributed by atoms with E-state index in [1.165, 1.54) is 5.56 Å². The van der Waals surface area contributed by atoms with Crippen LogP contribution in [0, 0.1) is 0 Å². The lowest BCUT2D eigenvalue weighted by Crippen LogP contribution is -2.01. The van der Waals surface area contributed by atoms with Crippen molar-refractivity contribution in [3.05, 3.63) is 35.9 Å². The molecule has 2 nitrogen and oxygen atoms in total. The Kier molecular flexibility index (Phi) is 3.73. The van der Waals surface area contributed by atoms with Crippen LogP contribution in [-0.2, 0) is 11.1 Å². The summed E-state index contributed by atoms with van der Waals surface area (Å²) in [6.07, 6.45) is 0.862. The Morgan fingerprint density at radius 2 is 2.00 bits per heavy atom. The fourth-order valence-corrected chi connectivity index (χ4v) is 0.899. The maximum absolute atomic E-state index is 8.32. The van der Waals surface area contributed by atoms with Crippen LogP contribution < -0.4 is 0 Å². The molecule has 1 aromatic carbocycles. The molecular formula is C8H11BO2. The molecule has 0 bridgehead atoms. The van der Waals surface area contributed by atoms with Crippen molar-refractivity contribution in [1.82, 2.24) is 0 Å². The Morgan fingerprint density at radius 1 is 1.27 bits per heavy atom. The van der Waals surface area contributed by atoms with E-state index in [0.29, 0.717) is 6.61 Å². The van der Waals surface area contributed by atoms with Crippen molar-refractivity contribution in [2.45, 2.75) is 6.42 Å². The standard InChI is InChI=1S/C8H11BO2/c10-9-11-7-6-8-4-2-1-3-5-8/h1-5,9-10H,6-7H2. The fraction of sp³-hybridized carbons (Fsp3) is 0.250. The van der Waals surface area contributed by atoms with Gasteiger partial charge >= 0.3 is 7.69 Å². The van der Waals surface area contributed by atoms with Crippen LogP contribution in [-0.4, -0.2) is 19.3 Å². The summed E-state index contributed by atoms with van der Waals surface area (Å²) >= 11 is 0. The van der Waals surface area contributed by atoms with Crippen LogP contribution in [0.3, 0.4) is 0 Å². The zero-order chi connectivity index (χ0) is 7.94. The molecule has 0 saturated heterocycles. The molecule has 0 radical (unpaired) electrons. The average molecular weight is 150 g/mol. The minimum absolute atomic E-state index is 0.188. The van der Waals surface area contributed by atoms with Gasteiger partial charge < -0.3 is 9.68 Å². The molecule has 0 aliphatic carbocycles. The van der Waals surface area contributed by atoms with Crippen LogP contribution >= 0.6 is 0 Å². The van der Waals surface area contributed by atoms with E-state index < -0.39 is 0 Å². The third-order valence-corrected chi connectivity index (χ3v) is 1.47. The first kappa shape index (κ1) is 8.30. The highest BCUT2D eigenvalue weighted by Crippen LogP contribution is 1.98. The van der Waals surface area contributed by atoms with Crippen molar-refractivity contribution in [1.29, 1.82) is 0 Å². The molecule has 0 aromatic heterocycles. The Hall–Kier alpha value is -0.795.